The number of isothiocyanates is 1. The Morgan fingerprint density at radius 3 is 1.43 bits per heavy atom. The lowest BCUT2D eigenvalue weighted by Gasteiger charge is -2.10. The van der Waals surface area contributed by atoms with Gasteiger partial charge < -0.3 is 11.1 Å². The van der Waals surface area contributed by atoms with Crippen LogP contribution in [-0.2, 0) is 10.1 Å². The van der Waals surface area contributed by atoms with Crippen LogP contribution in [0.2, 0.25) is 0 Å². The van der Waals surface area contributed by atoms with Gasteiger partial charge in [0.05, 0.1) is 27.2 Å². The molecule has 0 amide bonds. The molecule has 0 fully saturated rings. The summed E-state index contributed by atoms with van der Waals surface area (Å²) in [5, 5.41) is 16.5. The summed E-state index contributed by atoms with van der Waals surface area (Å²) in [4.78, 5) is 9.07. The second-order valence-electron chi connectivity index (χ2n) is 10.7. The predicted molar refractivity (Wildman–Crippen MR) is 205 cm³/mol. The third-order valence-corrected chi connectivity index (χ3v) is 8.38. The summed E-state index contributed by atoms with van der Waals surface area (Å²) in [5.41, 5.74) is 10.5. The number of aromatic nitrogens is 2. The van der Waals surface area contributed by atoms with Gasteiger partial charge in [0.25, 0.3) is 10.1 Å². The molecule has 6 aromatic carbocycles. The quantitative estimate of drug-likeness (QED) is 0.0624. The number of nitrogens with zero attached hydrogens (tertiary/aromatic N) is 2. The maximum atomic E-state index is 11.3. The lowest BCUT2D eigenvalue weighted by molar-refractivity contribution is 0.484. The first-order chi connectivity index (χ1) is 23.8. The van der Waals surface area contributed by atoms with E-state index < -0.39 is 10.1 Å². The van der Waals surface area contributed by atoms with Crippen molar-refractivity contribution in [1.82, 2.24) is 9.97 Å². The lowest BCUT2D eigenvalue weighted by Crippen LogP contribution is -2.13. The molecule has 0 saturated carbocycles. The predicted octanol–water partition coefficient (Wildman–Crippen LogP) is 8.90. The zero-order chi connectivity index (χ0) is 34.6. The lowest BCUT2D eigenvalue weighted by atomic mass is 10.1. The Labute approximate surface area is 289 Å². The minimum atomic E-state index is -4.22. The molecule has 0 unspecified atom stereocenters. The van der Waals surface area contributed by atoms with Gasteiger partial charge in [0.1, 0.15) is 4.90 Å². The zero-order valence-electron chi connectivity index (χ0n) is 26.3. The number of rotatable bonds is 4. The van der Waals surface area contributed by atoms with Crippen LogP contribution in [0, 0.1) is 5.41 Å². The maximum Gasteiger partial charge on any atom is 0.295 e. The molecule has 0 bridgehead atoms. The fraction of sp³-hybridized carbons (Fsp3) is 0.0513. The molecular formula is C39H33N5O3S2. The summed E-state index contributed by atoms with van der Waals surface area (Å²) in [6, 6.07) is 47.1. The third kappa shape index (κ3) is 8.85. The highest BCUT2D eigenvalue weighted by Crippen LogP contribution is 2.28. The molecule has 5 N–H and O–H groups in total. The maximum absolute atomic E-state index is 11.3. The summed E-state index contributed by atoms with van der Waals surface area (Å²) < 4.78 is 31.8. The van der Waals surface area contributed by atoms with Crippen LogP contribution in [0.4, 0.5) is 5.69 Å². The average molecular weight is 684 g/mol. The van der Waals surface area contributed by atoms with Gasteiger partial charge in [-0.25, -0.2) is 15.4 Å². The Balaban J connectivity index is 0.000000139. The Hall–Kier alpha value is -5.61. The van der Waals surface area contributed by atoms with E-state index >= 15 is 0 Å². The van der Waals surface area contributed by atoms with E-state index in [4.69, 9.17) is 11.1 Å². The van der Waals surface area contributed by atoms with Crippen LogP contribution >= 0.6 is 12.2 Å². The van der Waals surface area contributed by atoms with Gasteiger partial charge in [0, 0.05) is 51.1 Å². The molecule has 244 valence electrons. The Morgan fingerprint density at radius 2 is 1.02 bits per heavy atom. The van der Waals surface area contributed by atoms with Crippen molar-refractivity contribution < 1.29 is 13.0 Å². The molecule has 0 radical (unpaired) electrons. The normalized spacial score (nSPS) is 10.7. The van der Waals surface area contributed by atoms with Gasteiger partial charge in [-0.3, -0.25) is 4.55 Å². The molecule has 8 nitrogen and oxygen atoms in total. The molecule has 8 aromatic rings. The Bertz CT molecular complexity index is 2200. The van der Waals surface area contributed by atoms with Crippen LogP contribution in [0.15, 0.2) is 150 Å². The number of pyridine rings is 2. The van der Waals surface area contributed by atoms with Crippen LogP contribution < -0.4 is 11.1 Å². The number of nitrogens with one attached hydrogen (secondary N) is 2. The minimum absolute atomic E-state index is 0.0867. The molecule has 0 saturated heterocycles. The summed E-state index contributed by atoms with van der Waals surface area (Å²) in [7, 11) is -4.22. The first-order valence-electron chi connectivity index (χ1n) is 15.3. The van der Waals surface area contributed by atoms with Crippen molar-refractivity contribution in [3.63, 3.8) is 0 Å². The molecule has 49 heavy (non-hydrogen) atoms. The van der Waals surface area contributed by atoms with Crippen LogP contribution in [0.25, 0.3) is 54.4 Å². The Kier molecular flexibility index (Phi) is 11.7. The average Bonchev–Trinajstić information content (AvgIpc) is 3.12. The van der Waals surface area contributed by atoms with Crippen molar-refractivity contribution >= 4 is 87.6 Å². The Morgan fingerprint density at radius 1 is 0.633 bits per heavy atom. The summed E-state index contributed by atoms with van der Waals surface area (Å²) in [6.07, 6.45) is 0. The fourth-order valence-electron chi connectivity index (χ4n) is 5.31. The second-order valence-corrected chi connectivity index (χ2v) is 12.3. The fourth-order valence-corrected chi connectivity index (χ4v) is 6.01. The van der Waals surface area contributed by atoms with Gasteiger partial charge in [0.15, 0.2) is 0 Å². The molecule has 0 aliphatic heterocycles. The van der Waals surface area contributed by atoms with E-state index in [-0.39, 0.29) is 4.90 Å². The van der Waals surface area contributed by atoms with E-state index in [1.165, 1.54) is 27.6 Å². The van der Waals surface area contributed by atoms with Crippen molar-refractivity contribution in [2.24, 2.45) is 5.73 Å². The number of hydrogen-bond acceptors (Lipinski definition) is 8. The number of benzene rings is 6. The van der Waals surface area contributed by atoms with E-state index in [0.717, 1.165) is 33.1 Å². The SMILES string of the molecule is N=C=S.NCCNc1cccc2c(S(=O)(=O)O)cccc12.c1ccc2nc3ccccc3cc2c1.c1ccc2nc3ccccc3cc2c1. The second kappa shape index (κ2) is 16.5. The summed E-state index contributed by atoms with van der Waals surface area (Å²) >= 11 is 3.81. The van der Waals surface area contributed by atoms with Crippen LogP contribution in [0.3, 0.4) is 0 Å². The first kappa shape index (κ1) is 34.7. The van der Waals surface area contributed by atoms with Crippen molar-refractivity contribution in [2.45, 2.75) is 4.90 Å². The zero-order valence-corrected chi connectivity index (χ0v) is 28.0. The number of anilines is 1. The number of fused-ring (bicyclic) bond motifs is 5. The first-order valence-corrected chi connectivity index (χ1v) is 17.1. The van der Waals surface area contributed by atoms with Gasteiger partial charge in [-0.05, 0) is 60.7 Å². The molecule has 0 atom stereocenters. The van der Waals surface area contributed by atoms with Crippen molar-refractivity contribution in [1.29, 1.82) is 5.41 Å². The monoisotopic (exact) mass is 683 g/mol. The highest BCUT2D eigenvalue weighted by atomic mass is 32.2. The van der Waals surface area contributed by atoms with Gasteiger partial charge in [0.2, 0.25) is 0 Å². The van der Waals surface area contributed by atoms with Gasteiger partial charge in [-0.15, -0.1) is 0 Å². The van der Waals surface area contributed by atoms with Crippen molar-refractivity contribution in [3.8, 4) is 0 Å². The molecule has 8 rings (SSSR count). The summed E-state index contributed by atoms with van der Waals surface area (Å²) in [5.74, 6) is 0. The smallest absolute Gasteiger partial charge is 0.295 e. The van der Waals surface area contributed by atoms with E-state index in [0.29, 0.717) is 18.5 Å². The highest BCUT2D eigenvalue weighted by Gasteiger charge is 2.14. The van der Waals surface area contributed by atoms with Crippen LogP contribution in [0.1, 0.15) is 0 Å². The minimum Gasteiger partial charge on any atom is -0.383 e. The molecule has 2 aromatic heterocycles. The number of para-hydroxylation sites is 4. The van der Waals surface area contributed by atoms with E-state index in [9.17, 15) is 13.0 Å². The van der Waals surface area contributed by atoms with Crippen LogP contribution in [-0.4, -0.2) is 41.2 Å². The largest absolute Gasteiger partial charge is 0.383 e. The van der Waals surface area contributed by atoms with Crippen LogP contribution in [0.5, 0.6) is 0 Å². The van der Waals surface area contributed by atoms with E-state index in [2.05, 4.69) is 63.9 Å². The molecule has 0 aliphatic rings. The highest BCUT2D eigenvalue weighted by molar-refractivity contribution is 7.86. The molecular weight excluding hydrogens is 651 g/mol. The van der Waals surface area contributed by atoms with Gasteiger partial charge in [-0.1, -0.05) is 97.1 Å². The molecule has 2 heterocycles. The van der Waals surface area contributed by atoms with Crippen molar-refractivity contribution in [3.05, 3.63) is 146 Å². The third-order valence-electron chi connectivity index (χ3n) is 7.47. The van der Waals surface area contributed by atoms with E-state index in [1.54, 1.807) is 29.4 Å². The topological polar surface area (TPSA) is 142 Å². The molecule has 0 aliphatic carbocycles. The molecule has 10 heteroatoms. The number of nitrogens with two attached hydrogens (primary N) is 1. The summed E-state index contributed by atoms with van der Waals surface area (Å²) in [6.45, 7) is 1.07. The van der Waals surface area contributed by atoms with E-state index in [1.807, 2.05) is 78.9 Å². The van der Waals surface area contributed by atoms with Gasteiger partial charge >= 0.3 is 0 Å². The number of hydrogen-bond donors (Lipinski definition) is 4. The number of thiocarbonyl (C=S) groups is 1. The van der Waals surface area contributed by atoms with Crippen molar-refractivity contribution in [2.75, 3.05) is 18.4 Å². The standard InChI is InChI=1S/2C13H9N.C12H14N2O3S.CHNS/c2*1-3-7-12-10(5-1)9-11-6-2-4-8-13(11)14-12;13-7-8-14-11-5-1-4-10-9(11)3-2-6-12(10)18(15,16)17;2-1-3/h2*1-9H;1-6,14H,7-8,13H2,(H,15,16,17);2H. The van der Waals surface area contributed by atoms with Gasteiger partial charge in [-0.2, -0.15) is 8.42 Å². The molecule has 0 spiro atoms.